The molecule has 0 amide bonds. The molecule has 8 nitrogen and oxygen atoms in total. The summed E-state index contributed by atoms with van der Waals surface area (Å²) in [6.45, 7) is 1.56. The maximum absolute atomic E-state index is 13.2. The van der Waals surface area contributed by atoms with Gasteiger partial charge >= 0.3 is 0 Å². The van der Waals surface area contributed by atoms with Crippen molar-refractivity contribution in [3.63, 3.8) is 0 Å². The van der Waals surface area contributed by atoms with Crippen LogP contribution in [0.1, 0.15) is 24.8 Å². The van der Waals surface area contributed by atoms with Crippen molar-refractivity contribution in [2.24, 2.45) is 0 Å². The van der Waals surface area contributed by atoms with E-state index in [4.69, 9.17) is 0 Å². The number of nitro groups is 1. The fourth-order valence-corrected chi connectivity index (χ4v) is 4.97. The molecule has 1 aliphatic heterocycles. The number of thiazole rings is 1. The van der Waals surface area contributed by atoms with Gasteiger partial charge in [0.2, 0.25) is 0 Å². The number of nitro benzene ring substituents is 1. The SMILES string of the molecule is N#CC(C#N)=c1s/c(=C\c2ccc(N3CCCCC3)c([N+](=O)[O-])c2)c(=O)n1-c1ccccc1. The molecule has 0 aliphatic carbocycles. The largest absolute Gasteiger partial charge is 0.366 e. The highest BCUT2D eigenvalue weighted by molar-refractivity contribution is 7.07. The lowest BCUT2D eigenvalue weighted by Gasteiger charge is -2.28. The van der Waals surface area contributed by atoms with Crippen LogP contribution in [0.3, 0.4) is 0 Å². The third kappa shape index (κ3) is 4.40. The fourth-order valence-electron chi connectivity index (χ4n) is 3.91. The van der Waals surface area contributed by atoms with Gasteiger partial charge in [-0.25, -0.2) is 0 Å². The molecule has 0 radical (unpaired) electrons. The monoisotopic (exact) mass is 457 g/mol. The number of nitriles is 2. The molecule has 1 saturated heterocycles. The Hall–Kier alpha value is -4.21. The minimum Gasteiger partial charge on any atom is -0.366 e. The second kappa shape index (κ2) is 9.51. The van der Waals surface area contributed by atoms with Crippen molar-refractivity contribution in [1.82, 2.24) is 4.57 Å². The molecule has 3 aromatic rings. The molecule has 164 valence electrons. The summed E-state index contributed by atoms with van der Waals surface area (Å²) in [5, 5.41) is 30.5. The van der Waals surface area contributed by atoms with Gasteiger partial charge in [-0.15, -0.1) is 11.3 Å². The van der Waals surface area contributed by atoms with E-state index < -0.39 is 10.5 Å². The van der Waals surface area contributed by atoms with E-state index in [9.17, 15) is 25.4 Å². The zero-order valence-corrected chi connectivity index (χ0v) is 18.4. The van der Waals surface area contributed by atoms with Crippen LogP contribution in [-0.4, -0.2) is 22.6 Å². The normalized spacial score (nSPS) is 13.9. The average Bonchev–Trinajstić information content (AvgIpc) is 3.16. The van der Waals surface area contributed by atoms with Gasteiger partial charge < -0.3 is 4.90 Å². The van der Waals surface area contributed by atoms with E-state index >= 15 is 0 Å². The summed E-state index contributed by atoms with van der Waals surface area (Å²) in [5.41, 5.74) is 1.03. The van der Waals surface area contributed by atoms with Crippen molar-refractivity contribution in [3.8, 4) is 17.8 Å². The third-order valence-electron chi connectivity index (χ3n) is 5.47. The first-order chi connectivity index (χ1) is 16.0. The van der Waals surface area contributed by atoms with Crippen LogP contribution in [0.5, 0.6) is 0 Å². The molecule has 0 bridgehead atoms. The highest BCUT2D eigenvalue weighted by Crippen LogP contribution is 2.31. The van der Waals surface area contributed by atoms with Gasteiger partial charge in [0.15, 0.2) is 5.57 Å². The van der Waals surface area contributed by atoms with E-state index in [2.05, 4.69) is 0 Å². The van der Waals surface area contributed by atoms with Crippen molar-refractivity contribution < 1.29 is 4.92 Å². The smallest absolute Gasteiger partial charge is 0.293 e. The molecule has 9 heteroatoms. The number of hydrogen-bond donors (Lipinski definition) is 0. The van der Waals surface area contributed by atoms with Gasteiger partial charge in [-0.2, -0.15) is 10.5 Å². The number of anilines is 1. The van der Waals surface area contributed by atoms with E-state index in [1.807, 2.05) is 17.0 Å². The lowest BCUT2D eigenvalue weighted by Crippen LogP contribution is -2.30. The number of rotatable bonds is 4. The maximum Gasteiger partial charge on any atom is 0.293 e. The molecule has 0 atom stereocenters. The Bertz CT molecular complexity index is 1450. The molecule has 33 heavy (non-hydrogen) atoms. The van der Waals surface area contributed by atoms with Crippen LogP contribution >= 0.6 is 11.3 Å². The summed E-state index contributed by atoms with van der Waals surface area (Å²) >= 11 is 1.01. The predicted octanol–water partition coefficient (Wildman–Crippen LogP) is 2.82. The average molecular weight is 458 g/mol. The fraction of sp³-hybridized carbons (Fsp3) is 0.208. The minimum atomic E-state index is -0.402. The first-order valence-electron chi connectivity index (χ1n) is 10.4. The number of para-hydroxylation sites is 1. The second-order valence-electron chi connectivity index (χ2n) is 7.54. The van der Waals surface area contributed by atoms with E-state index in [1.54, 1.807) is 48.5 Å². The van der Waals surface area contributed by atoms with E-state index in [0.717, 1.165) is 43.7 Å². The lowest BCUT2D eigenvalue weighted by molar-refractivity contribution is -0.384. The number of nitrogens with zero attached hydrogens (tertiary/aromatic N) is 5. The lowest BCUT2D eigenvalue weighted by atomic mass is 10.1. The predicted molar refractivity (Wildman–Crippen MR) is 127 cm³/mol. The quantitative estimate of drug-likeness (QED) is 0.439. The van der Waals surface area contributed by atoms with Gasteiger partial charge in [-0.05, 0) is 49.1 Å². The number of benzene rings is 2. The molecule has 2 heterocycles. The highest BCUT2D eigenvalue weighted by Gasteiger charge is 2.21. The summed E-state index contributed by atoms with van der Waals surface area (Å²) in [6.07, 6.45) is 4.68. The number of aromatic nitrogens is 1. The zero-order chi connectivity index (χ0) is 23.4. The van der Waals surface area contributed by atoms with Gasteiger partial charge in [-0.3, -0.25) is 19.5 Å². The summed E-state index contributed by atoms with van der Waals surface area (Å²) in [4.78, 5) is 26.6. The summed E-state index contributed by atoms with van der Waals surface area (Å²) < 4.78 is 1.83. The maximum atomic E-state index is 13.2. The second-order valence-corrected chi connectivity index (χ2v) is 8.57. The highest BCUT2D eigenvalue weighted by atomic mass is 32.1. The molecule has 0 unspecified atom stereocenters. The first-order valence-corrected chi connectivity index (χ1v) is 11.2. The Kier molecular flexibility index (Phi) is 6.34. The van der Waals surface area contributed by atoms with Crippen molar-refractivity contribution in [3.05, 3.63) is 83.8 Å². The molecule has 4 rings (SSSR count). The van der Waals surface area contributed by atoms with Gasteiger partial charge in [0.1, 0.15) is 22.5 Å². The van der Waals surface area contributed by atoms with E-state index in [1.165, 1.54) is 10.6 Å². The Labute approximate surface area is 193 Å². The van der Waals surface area contributed by atoms with Crippen LogP contribution < -0.4 is 19.7 Å². The topological polar surface area (TPSA) is 116 Å². The van der Waals surface area contributed by atoms with Crippen LogP contribution in [-0.2, 0) is 0 Å². The van der Waals surface area contributed by atoms with E-state index in [0.29, 0.717) is 16.9 Å². The first kappa shape index (κ1) is 22.0. The zero-order valence-electron chi connectivity index (χ0n) is 17.6. The van der Waals surface area contributed by atoms with Crippen molar-refractivity contribution >= 4 is 34.4 Å². The Morgan fingerprint density at radius 1 is 1.06 bits per heavy atom. The molecule has 0 saturated carbocycles. The standard InChI is InChI=1S/C24H19N5O3S/c25-15-18(16-26)24-28(19-7-3-1-4-8-19)23(30)22(33-24)14-17-9-10-20(21(13-17)29(31)32)27-11-5-2-6-12-27/h1,3-4,7-10,13-14H,2,5-6,11-12H2/b22-14-. The molecule has 0 spiro atoms. The molecule has 1 fully saturated rings. The Balaban J connectivity index is 1.90. The van der Waals surface area contributed by atoms with Crippen molar-refractivity contribution in [1.29, 1.82) is 10.5 Å². The van der Waals surface area contributed by atoms with Gasteiger partial charge in [0.05, 0.1) is 15.1 Å². The molecular weight excluding hydrogens is 438 g/mol. The van der Waals surface area contributed by atoms with Gasteiger partial charge in [0.25, 0.3) is 11.2 Å². The van der Waals surface area contributed by atoms with Crippen LogP contribution in [0, 0.1) is 32.8 Å². The third-order valence-corrected chi connectivity index (χ3v) is 6.56. The molecular formula is C24H19N5O3S. The van der Waals surface area contributed by atoms with Crippen LogP contribution in [0.4, 0.5) is 11.4 Å². The van der Waals surface area contributed by atoms with Crippen molar-refractivity contribution in [2.45, 2.75) is 19.3 Å². The summed E-state index contributed by atoms with van der Waals surface area (Å²) in [6, 6.07) is 17.4. The van der Waals surface area contributed by atoms with E-state index in [-0.39, 0.29) is 20.5 Å². The number of hydrogen-bond acceptors (Lipinski definition) is 7. The van der Waals surface area contributed by atoms with Crippen molar-refractivity contribution in [2.75, 3.05) is 18.0 Å². The Morgan fingerprint density at radius 3 is 2.39 bits per heavy atom. The van der Waals surface area contributed by atoms with Crippen LogP contribution in [0.2, 0.25) is 0 Å². The summed E-state index contributed by atoms with van der Waals surface area (Å²) in [5.74, 6) is 0. The van der Waals surface area contributed by atoms with Crippen LogP contribution in [0.15, 0.2) is 53.3 Å². The molecule has 2 aromatic carbocycles. The molecule has 1 aliphatic rings. The van der Waals surface area contributed by atoms with Gasteiger partial charge in [0, 0.05) is 19.2 Å². The minimum absolute atomic E-state index is 0.00730. The molecule has 1 aromatic heterocycles. The van der Waals surface area contributed by atoms with Crippen LogP contribution in [0.25, 0.3) is 17.3 Å². The molecule has 0 N–H and O–H groups in total. The summed E-state index contributed by atoms with van der Waals surface area (Å²) in [7, 11) is 0. The Morgan fingerprint density at radius 2 is 1.76 bits per heavy atom. The number of piperidine rings is 1. The van der Waals surface area contributed by atoms with Gasteiger partial charge in [-0.1, -0.05) is 24.3 Å².